The molecule has 0 unspecified atom stereocenters. The normalized spacial score (nSPS) is 35.7. The lowest BCUT2D eigenvalue weighted by molar-refractivity contribution is -0.145. The minimum Gasteiger partial charge on any atom is -0.461 e. The highest BCUT2D eigenvalue weighted by Crippen LogP contribution is 2.52. The standard InChI is InChI=1S/C27H36N2O2/c1-18-7-5-9-21(13-18)29-12-11-28(16-20(29)3)17-23-22-14-24-19(2)8-6-10-27(24,4)15-25(22)31-26(23)30/h5,7-9,13-14,20,22-23,25H,6,10-12,15-17H2,1-4H3/t20-,22+,23-,25+,27+/m0/s1. The maximum absolute atomic E-state index is 12.9. The molecular weight excluding hydrogens is 384 g/mol. The van der Waals surface area contributed by atoms with Gasteiger partial charge in [-0.2, -0.15) is 0 Å². The highest BCUT2D eigenvalue weighted by molar-refractivity contribution is 5.76. The lowest BCUT2D eigenvalue weighted by Gasteiger charge is -2.44. The number of carbonyl (C=O) groups is 1. The monoisotopic (exact) mass is 420 g/mol. The minimum atomic E-state index is -0.0329. The Morgan fingerprint density at radius 2 is 2.06 bits per heavy atom. The summed E-state index contributed by atoms with van der Waals surface area (Å²) >= 11 is 0. The largest absolute Gasteiger partial charge is 0.461 e. The average Bonchev–Trinajstić information content (AvgIpc) is 3.00. The molecule has 5 atom stereocenters. The zero-order chi connectivity index (χ0) is 21.8. The second kappa shape index (κ2) is 7.81. The first-order valence-electron chi connectivity index (χ1n) is 12.0. The molecule has 2 fully saturated rings. The van der Waals surface area contributed by atoms with E-state index in [2.05, 4.69) is 73.9 Å². The van der Waals surface area contributed by atoms with E-state index in [1.807, 2.05) is 0 Å². The fourth-order valence-electron chi connectivity index (χ4n) is 6.51. The number of ether oxygens (including phenoxy) is 1. The van der Waals surface area contributed by atoms with Crippen molar-refractivity contribution in [2.45, 2.75) is 59.1 Å². The van der Waals surface area contributed by atoms with Gasteiger partial charge < -0.3 is 9.64 Å². The number of hydrogen-bond donors (Lipinski definition) is 0. The minimum absolute atomic E-state index is 0.0181. The smallest absolute Gasteiger partial charge is 0.311 e. The Balaban J connectivity index is 1.30. The van der Waals surface area contributed by atoms with Crippen LogP contribution in [0, 0.1) is 24.2 Å². The van der Waals surface area contributed by atoms with Crippen LogP contribution in [0.3, 0.4) is 0 Å². The zero-order valence-corrected chi connectivity index (χ0v) is 19.4. The molecule has 4 nitrogen and oxygen atoms in total. The number of aryl methyl sites for hydroxylation is 1. The predicted molar refractivity (Wildman–Crippen MR) is 125 cm³/mol. The van der Waals surface area contributed by atoms with Crippen LogP contribution in [0.5, 0.6) is 0 Å². The summed E-state index contributed by atoms with van der Waals surface area (Å²) in [7, 11) is 0. The van der Waals surface area contributed by atoms with Gasteiger partial charge in [0.2, 0.25) is 0 Å². The summed E-state index contributed by atoms with van der Waals surface area (Å²) in [5.41, 5.74) is 5.66. The first kappa shape index (κ1) is 20.8. The zero-order valence-electron chi connectivity index (χ0n) is 19.4. The molecule has 0 amide bonds. The molecule has 166 valence electrons. The highest BCUT2D eigenvalue weighted by Gasteiger charge is 2.51. The molecule has 31 heavy (non-hydrogen) atoms. The van der Waals surface area contributed by atoms with Crippen molar-refractivity contribution >= 4 is 11.7 Å². The van der Waals surface area contributed by atoms with Crippen LogP contribution in [0.25, 0.3) is 0 Å². The number of benzene rings is 1. The number of carbonyl (C=O) groups excluding carboxylic acids is 1. The van der Waals surface area contributed by atoms with Crippen molar-refractivity contribution in [1.29, 1.82) is 0 Å². The molecule has 5 rings (SSSR count). The summed E-state index contributed by atoms with van der Waals surface area (Å²) in [5, 5.41) is 0. The lowest BCUT2D eigenvalue weighted by atomic mass is 9.62. The third-order valence-electron chi connectivity index (χ3n) is 8.20. The van der Waals surface area contributed by atoms with Gasteiger partial charge in [0.1, 0.15) is 6.10 Å². The third-order valence-corrected chi connectivity index (χ3v) is 8.20. The first-order chi connectivity index (χ1) is 14.8. The SMILES string of the molecule is CC1=CCC[C@]2(C)C[C@H]3OC(=O)[C@@H](CN4CCN(c5cccc(C)c5)[C@@H](C)C4)[C@H]3C=C12. The Morgan fingerprint density at radius 3 is 2.84 bits per heavy atom. The molecule has 2 aliphatic heterocycles. The number of piperazine rings is 1. The van der Waals surface area contributed by atoms with Crippen LogP contribution in [0.1, 0.15) is 45.6 Å². The maximum atomic E-state index is 12.9. The van der Waals surface area contributed by atoms with Crippen LogP contribution < -0.4 is 4.90 Å². The Kier molecular flexibility index (Phi) is 5.24. The highest BCUT2D eigenvalue weighted by atomic mass is 16.6. The van der Waals surface area contributed by atoms with E-state index in [1.165, 1.54) is 28.8 Å². The predicted octanol–water partition coefficient (Wildman–Crippen LogP) is 4.74. The van der Waals surface area contributed by atoms with Crippen LogP contribution >= 0.6 is 0 Å². The van der Waals surface area contributed by atoms with Gasteiger partial charge in [-0.3, -0.25) is 9.69 Å². The van der Waals surface area contributed by atoms with Gasteiger partial charge in [0.15, 0.2) is 0 Å². The molecule has 4 aliphatic rings. The summed E-state index contributed by atoms with van der Waals surface area (Å²) < 4.78 is 5.96. The molecule has 0 saturated carbocycles. The van der Waals surface area contributed by atoms with E-state index in [4.69, 9.17) is 4.74 Å². The van der Waals surface area contributed by atoms with Crippen molar-refractivity contribution in [1.82, 2.24) is 4.90 Å². The number of nitrogens with zero attached hydrogens (tertiary/aromatic N) is 2. The molecule has 2 saturated heterocycles. The van der Waals surface area contributed by atoms with Crippen LogP contribution in [-0.4, -0.2) is 49.2 Å². The molecule has 2 heterocycles. The van der Waals surface area contributed by atoms with Gasteiger partial charge in [-0.15, -0.1) is 0 Å². The second-order valence-corrected chi connectivity index (χ2v) is 10.6. The summed E-state index contributed by atoms with van der Waals surface area (Å²) in [4.78, 5) is 17.9. The van der Waals surface area contributed by atoms with Gasteiger partial charge in [-0.1, -0.05) is 36.8 Å². The summed E-state index contributed by atoms with van der Waals surface area (Å²) in [6, 6.07) is 9.21. The molecular formula is C27H36N2O2. The molecule has 0 spiro atoms. The Hall–Kier alpha value is -2.07. The van der Waals surface area contributed by atoms with Crippen molar-refractivity contribution in [2.24, 2.45) is 17.3 Å². The van der Waals surface area contributed by atoms with Crippen LogP contribution in [0.15, 0.2) is 47.6 Å². The van der Waals surface area contributed by atoms with E-state index in [0.29, 0.717) is 6.04 Å². The molecule has 4 heteroatoms. The number of anilines is 1. The van der Waals surface area contributed by atoms with Gasteiger partial charge in [-0.25, -0.2) is 0 Å². The van der Waals surface area contributed by atoms with Gasteiger partial charge in [0.25, 0.3) is 0 Å². The van der Waals surface area contributed by atoms with Crippen molar-refractivity contribution < 1.29 is 9.53 Å². The molecule has 0 radical (unpaired) electrons. The molecule has 1 aromatic carbocycles. The summed E-state index contributed by atoms with van der Waals surface area (Å²) in [6.45, 7) is 12.8. The van der Waals surface area contributed by atoms with E-state index in [9.17, 15) is 4.79 Å². The number of hydrogen-bond acceptors (Lipinski definition) is 4. The fourth-order valence-corrected chi connectivity index (χ4v) is 6.51. The molecule has 0 bridgehead atoms. The number of esters is 1. The van der Waals surface area contributed by atoms with E-state index >= 15 is 0 Å². The maximum Gasteiger partial charge on any atom is 0.311 e. The van der Waals surface area contributed by atoms with Crippen molar-refractivity contribution in [3.63, 3.8) is 0 Å². The van der Waals surface area contributed by atoms with Crippen molar-refractivity contribution in [3.05, 3.63) is 53.1 Å². The molecule has 0 N–H and O–H groups in total. The van der Waals surface area contributed by atoms with Crippen LogP contribution in [0.2, 0.25) is 0 Å². The van der Waals surface area contributed by atoms with E-state index < -0.39 is 0 Å². The van der Waals surface area contributed by atoms with Crippen molar-refractivity contribution in [2.75, 3.05) is 31.1 Å². The lowest BCUT2D eigenvalue weighted by Crippen LogP contribution is -2.53. The van der Waals surface area contributed by atoms with Gasteiger partial charge in [-0.05, 0) is 68.7 Å². The topological polar surface area (TPSA) is 32.8 Å². The van der Waals surface area contributed by atoms with Crippen molar-refractivity contribution in [3.8, 4) is 0 Å². The Labute approximate surface area is 186 Å². The van der Waals surface area contributed by atoms with E-state index in [1.54, 1.807) is 0 Å². The number of fused-ring (bicyclic) bond motifs is 2. The second-order valence-electron chi connectivity index (χ2n) is 10.6. The Bertz CT molecular complexity index is 935. The molecule has 1 aromatic rings. The first-order valence-corrected chi connectivity index (χ1v) is 12.0. The van der Waals surface area contributed by atoms with E-state index in [0.717, 1.165) is 39.0 Å². The van der Waals surface area contributed by atoms with Gasteiger partial charge in [0, 0.05) is 43.8 Å². The average molecular weight is 421 g/mol. The van der Waals surface area contributed by atoms with Gasteiger partial charge >= 0.3 is 5.97 Å². The van der Waals surface area contributed by atoms with Gasteiger partial charge in [0.05, 0.1) is 5.92 Å². The summed E-state index contributed by atoms with van der Waals surface area (Å²) in [5.74, 6) is 0.209. The summed E-state index contributed by atoms with van der Waals surface area (Å²) in [6.07, 6.45) is 8.13. The molecule has 0 aromatic heterocycles. The number of allylic oxidation sites excluding steroid dienone is 3. The van der Waals surface area contributed by atoms with Crippen LogP contribution in [0.4, 0.5) is 5.69 Å². The fraction of sp³-hybridized carbons (Fsp3) is 0.593. The Morgan fingerprint density at radius 1 is 1.23 bits per heavy atom. The number of rotatable bonds is 3. The van der Waals surface area contributed by atoms with Crippen LogP contribution in [-0.2, 0) is 9.53 Å². The molecule has 2 aliphatic carbocycles. The van der Waals surface area contributed by atoms with E-state index in [-0.39, 0.29) is 29.3 Å². The third kappa shape index (κ3) is 3.73. The quantitative estimate of drug-likeness (QED) is 0.661.